The third-order valence-electron chi connectivity index (χ3n) is 3.61. The maximum absolute atomic E-state index is 12.2. The Labute approximate surface area is 124 Å². The molecule has 0 amide bonds. The molecule has 1 aromatic rings. The SMILES string of the molecule is Cn1nnc(Br)c1S(=O)(=O)NCC1(C(=O)O)CCCC1. The van der Waals surface area contributed by atoms with Crippen LogP contribution in [0.5, 0.6) is 0 Å². The van der Waals surface area contributed by atoms with Gasteiger partial charge in [-0.3, -0.25) is 4.79 Å². The maximum atomic E-state index is 12.2. The van der Waals surface area contributed by atoms with E-state index in [1.165, 1.54) is 7.05 Å². The third-order valence-corrected chi connectivity index (χ3v) is 5.89. The van der Waals surface area contributed by atoms with Gasteiger partial charge >= 0.3 is 5.97 Å². The first kappa shape index (κ1) is 15.4. The number of hydrogen-bond acceptors (Lipinski definition) is 5. The minimum atomic E-state index is -3.86. The number of rotatable bonds is 5. The first-order valence-corrected chi connectivity index (χ1v) is 8.34. The number of aromatic nitrogens is 3. The van der Waals surface area contributed by atoms with Crippen LogP contribution in [0.25, 0.3) is 0 Å². The second-order valence-electron chi connectivity index (χ2n) is 4.93. The van der Waals surface area contributed by atoms with E-state index >= 15 is 0 Å². The smallest absolute Gasteiger partial charge is 0.310 e. The number of aryl methyl sites for hydroxylation is 1. The molecular weight excluding hydrogens is 352 g/mol. The van der Waals surface area contributed by atoms with Crippen molar-refractivity contribution in [2.75, 3.05) is 6.54 Å². The van der Waals surface area contributed by atoms with Crippen LogP contribution in [-0.4, -0.2) is 41.0 Å². The zero-order chi connectivity index (χ0) is 15.0. The molecule has 0 unspecified atom stereocenters. The van der Waals surface area contributed by atoms with E-state index in [0.29, 0.717) is 12.8 Å². The Bertz CT molecular complexity index is 602. The van der Waals surface area contributed by atoms with Gasteiger partial charge in [0, 0.05) is 13.6 Å². The van der Waals surface area contributed by atoms with Crippen molar-refractivity contribution < 1.29 is 18.3 Å². The quantitative estimate of drug-likeness (QED) is 0.784. The number of aliphatic carboxylic acids is 1. The molecule has 2 rings (SSSR count). The summed E-state index contributed by atoms with van der Waals surface area (Å²) in [6, 6.07) is 0. The summed E-state index contributed by atoms with van der Waals surface area (Å²) in [4.78, 5) is 11.4. The summed E-state index contributed by atoms with van der Waals surface area (Å²) >= 11 is 3.02. The van der Waals surface area contributed by atoms with Gasteiger partial charge in [0.1, 0.15) is 0 Å². The topological polar surface area (TPSA) is 114 Å². The number of carbonyl (C=O) groups is 1. The highest BCUT2D eigenvalue weighted by molar-refractivity contribution is 9.10. The molecule has 0 aromatic carbocycles. The maximum Gasteiger partial charge on any atom is 0.310 e. The van der Waals surface area contributed by atoms with Crippen molar-refractivity contribution in [3.8, 4) is 0 Å². The van der Waals surface area contributed by atoms with E-state index in [1.54, 1.807) is 0 Å². The minimum Gasteiger partial charge on any atom is -0.481 e. The van der Waals surface area contributed by atoms with Crippen molar-refractivity contribution in [1.29, 1.82) is 0 Å². The Morgan fingerprint density at radius 2 is 2.10 bits per heavy atom. The summed E-state index contributed by atoms with van der Waals surface area (Å²) in [6.07, 6.45) is 2.56. The number of hydrogen-bond donors (Lipinski definition) is 2. The van der Waals surface area contributed by atoms with E-state index in [9.17, 15) is 18.3 Å². The monoisotopic (exact) mass is 366 g/mol. The van der Waals surface area contributed by atoms with Gasteiger partial charge in [0.15, 0.2) is 4.60 Å². The van der Waals surface area contributed by atoms with E-state index in [1.807, 2.05) is 0 Å². The summed E-state index contributed by atoms with van der Waals surface area (Å²) in [5, 5.41) is 16.4. The van der Waals surface area contributed by atoms with Crippen molar-refractivity contribution in [3.05, 3.63) is 4.60 Å². The lowest BCUT2D eigenvalue weighted by atomic mass is 9.87. The number of nitrogens with one attached hydrogen (secondary N) is 1. The Morgan fingerprint density at radius 1 is 1.50 bits per heavy atom. The minimum absolute atomic E-state index is 0.100. The van der Waals surface area contributed by atoms with Gasteiger partial charge in [-0.25, -0.2) is 17.8 Å². The molecule has 1 aliphatic rings. The second-order valence-corrected chi connectivity index (χ2v) is 7.36. The molecule has 10 heteroatoms. The molecule has 1 heterocycles. The van der Waals surface area contributed by atoms with Gasteiger partial charge in [-0.05, 0) is 28.8 Å². The van der Waals surface area contributed by atoms with E-state index in [4.69, 9.17) is 0 Å². The predicted molar refractivity (Wildman–Crippen MR) is 72.4 cm³/mol. The van der Waals surface area contributed by atoms with E-state index in [2.05, 4.69) is 31.0 Å². The lowest BCUT2D eigenvalue weighted by Crippen LogP contribution is -2.41. The number of carboxylic acid groups (broad SMARTS) is 1. The average Bonchev–Trinajstić information content (AvgIpc) is 2.95. The van der Waals surface area contributed by atoms with Crippen LogP contribution in [-0.2, 0) is 21.9 Å². The molecule has 0 aliphatic heterocycles. The molecule has 0 saturated heterocycles. The molecule has 1 aromatic heterocycles. The number of nitrogens with zero attached hydrogens (tertiary/aromatic N) is 3. The lowest BCUT2D eigenvalue weighted by molar-refractivity contribution is -0.148. The molecule has 1 aliphatic carbocycles. The Balaban J connectivity index is 2.20. The molecule has 0 spiro atoms. The zero-order valence-corrected chi connectivity index (χ0v) is 13.2. The molecule has 1 fully saturated rings. The van der Waals surface area contributed by atoms with Crippen LogP contribution in [0.4, 0.5) is 0 Å². The number of halogens is 1. The summed E-state index contributed by atoms with van der Waals surface area (Å²) < 4.78 is 28.0. The molecule has 2 N–H and O–H groups in total. The molecule has 112 valence electrons. The van der Waals surface area contributed by atoms with Crippen molar-refractivity contribution in [1.82, 2.24) is 19.7 Å². The molecule has 0 bridgehead atoms. The molecule has 1 saturated carbocycles. The third kappa shape index (κ3) is 2.72. The predicted octanol–water partition coefficient (Wildman–Crippen LogP) is 0.501. The fraction of sp³-hybridized carbons (Fsp3) is 0.700. The normalized spacial score (nSPS) is 18.3. The first-order chi connectivity index (χ1) is 9.28. The van der Waals surface area contributed by atoms with Crippen LogP contribution >= 0.6 is 15.9 Å². The summed E-state index contributed by atoms with van der Waals surface area (Å²) in [5.74, 6) is -0.958. The van der Waals surface area contributed by atoms with Gasteiger partial charge in [-0.15, -0.1) is 5.10 Å². The van der Waals surface area contributed by atoms with E-state index < -0.39 is 21.4 Å². The first-order valence-electron chi connectivity index (χ1n) is 6.07. The van der Waals surface area contributed by atoms with Crippen molar-refractivity contribution in [2.45, 2.75) is 30.7 Å². The molecule has 0 atom stereocenters. The number of carboxylic acids is 1. The summed E-state index contributed by atoms with van der Waals surface area (Å²) in [5.41, 5.74) is -1.01. The fourth-order valence-corrected chi connectivity index (χ4v) is 4.64. The van der Waals surface area contributed by atoms with Crippen LogP contribution in [0, 0.1) is 5.41 Å². The van der Waals surface area contributed by atoms with Gasteiger partial charge in [0.25, 0.3) is 10.0 Å². The molecule has 20 heavy (non-hydrogen) atoms. The van der Waals surface area contributed by atoms with E-state index in [0.717, 1.165) is 17.5 Å². The van der Waals surface area contributed by atoms with E-state index in [-0.39, 0.29) is 16.2 Å². The second kappa shape index (κ2) is 5.41. The van der Waals surface area contributed by atoms with Gasteiger partial charge in [-0.1, -0.05) is 18.1 Å². The van der Waals surface area contributed by atoms with Gasteiger partial charge < -0.3 is 5.11 Å². The summed E-state index contributed by atoms with van der Waals surface area (Å²) in [6.45, 7) is -0.123. The summed E-state index contributed by atoms with van der Waals surface area (Å²) in [7, 11) is -2.41. The lowest BCUT2D eigenvalue weighted by Gasteiger charge is -2.23. The zero-order valence-electron chi connectivity index (χ0n) is 10.8. The Kier molecular flexibility index (Phi) is 4.17. The largest absolute Gasteiger partial charge is 0.481 e. The average molecular weight is 367 g/mol. The highest BCUT2D eigenvalue weighted by Crippen LogP contribution is 2.38. The standard InChI is InChI=1S/C10H15BrN4O4S/c1-15-8(7(11)13-14-15)20(18,19)12-6-10(9(16)17)4-2-3-5-10/h12H,2-6H2,1H3,(H,16,17). The van der Waals surface area contributed by atoms with Crippen LogP contribution < -0.4 is 4.72 Å². The van der Waals surface area contributed by atoms with Gasteiger partial charge in [0.2, 0.25) is 5.03 Å². The van der Waals surface area contributed by atoms with Gasteiger partial charge in [-0.2, -0.15) is 0 Å². The Hall–Kier alpha value is -1.00. The fourth-order valence-electron chi connectivity index (χ4n) is 2.43. The van der Waals surface area contributed by atoms with Gasteiger partial charge in [0.05, 0.1) is 5.41 Å². The molecule has 8 nitrogen and oxygen atoms in total. The Morgan fingerprint density at radius 3 is 2.55 bits per heavy atom. The van der Waals surface area contributed by atoms with Crippen molar-refractivity contribution >= 4 is 31.9 Å². The van der Waals surface area contributed by atoms with Crippen LogP contribution in [0.3, 0.4) is 0 Å². The molecule has 0 radical (unpaired) electrons. The van der Waals surface area contributed by atoms with Crippen LogP contribution in [0.2, 0.25) is 0 Å². The van der Waals surface area contributed by atoms with Crippen LogP contribution in [0.15, 0.2) is 9.63 Å². The number of sulfonamides is 1. The van der Waals surface area contributed by atoms with Crippen molar-refractivity contribution in [3.63, 3.8) is 0 Å². The highest BCUT2D eigenvalue weighted by Gasteiger charge is 2.42. The highest BCUT2D eigenvalue weighted by atomic mass is 79.9. The van der Waals surface area contributed by atoms with Crippen LogP contribution in [0.1, 0.15) is 25.7 Å². The van der Waals surface area contributed by atoms with Crippen molar-refractivity contribution in [2.24, 2.45) is 12.5 Å². The molecular formula is C10H15BrN4O4S.